The van der Waals surface area contributed by atoms with Crippen molar-refractivity contribution in [2.45, 2.75) is 51.7 Å². The van der Waals surface area contributed by atoms with E-state index in [1.807, 2.05) is 27.7 Å². The van der Waals surface area contributed by atoms with Crippen molar-refractivity contribution in [2.24, 2.45) is 0 Å². The summed E-state index contributed by atoms with van der Waals surface area (Å²) in [5.74, 6) is 0. The zero-order chi connectivity index (χ0) is 13.5. The summed E-state index contributed by atoms with van der Waals surface area (Å²) in [7, 11) is 1.67. The first-order chi connectivity index (χ1) is 7.68. The Balaban J connectivity index is 3.81. The van der Waals surface area contributed by atoms with E-state index in [1.165, 1.54) is 0 Å². The fraction of sp³-hybridized carbons (Fsp3) is 0.917. The highest BCUT2D eigenvalue weighted by Crippen LogP contribution is 2.18. The molecule has 0 saturated carbocycles. The zero-order valence-electron chi connectivity index (χ0n) is 11.4. The second-order valence-electron chi connectivity index (χ2n) is 5.19. The van der Waals surface area contributed by atoms with Crippen molar-refractivity contribution in [1.82, 2.24) is 0 Å². The molecule has 5 heteroatoms. The van der Waals surface area contributed by atoms with Crippen LogP contribution in [0.3, 0.4) is 0 Å². The van der Waals surface area contributed by atoms with E-state index in [9.17, 15) is 4.79 Å². The summed E-state index contributed by atoms with van der Waals surface area (Å²) in [4.78, 5) is 10.2. The molecule has 0 amide bonds. The predicted molar refractivity (Wildman–Crippen MR) is 64.3 cm³/mol. The lowest BCUT2D eigenvalue weighted by Crippen LogP contribution is -2.31. The Morgan fingerprint density at radius 2 is 1.59 bits per heavy atom. The Hall–Kier alpha value is -0.810. The Morgan fingerprint density at radius 3 is 2.06 bits per heavy atom. The Bertz CT molecular complexity index is 235. The van der Waals surface area contributed by atoms with Crippen LogP contribution < -0.4 is 0 Å². The third kappa shape index (κ3) is 8.94. The molecule has 0 bridgehead atoms. The first-order valence-corrected chi connectivity index (χ1v) is 5.73. The number of carboxylic acid groups (broad SMARTS) is 1. The number of hydrogen-bond acceptors (Lipinski definition) is 4. The van der Waals surface area contributed by atoms with E-state index in [-0.39, 0.29) is 17.8 Å². The van der Waals surface area contributed by atoms with Crippen LogP contribution in [-0.2, 0) is 14.2 Å². The molecule has 102 valence electrons. The molecule has 17 heavy (non-hydrogen) atoms. The summed E-state index contributed by atoms with van der Waals surface area (Å²) >= 11 is 0. The van der Waals surface area contributed by atoms with Crippen LogP contribution in [0.2, 0.25) is 0 Å². The van der Waals surface area contributed by atoms with Crippen molar-refractivity contribution < 1.29 is 24.1 Å². The van der Waals surface area contributed by atoms with Crippen LogP contribution in [0.25, 0.3) is 0 Å². The van der Waals surface area contributed by atoms with Gasteiger partial charge < -0.3 is 19.3 Å². The van der Waals surface area contributed by atoms with Crippen LogP contribution in [0.1, 0.15) is 40.5 Å². The number of carbonyl (C=O) groups is 1. The molecule has 0 aliphatic heterocycles. The summed E-state index contributed by atoms with van der Waals surface area (Å²) in [6.45, 7) is 8.54. The van der Waals surface area contributed by atoms with Gasteiger partial charge >= 0.3 is 6.16 Å². The molecular weight excluding hydrogens is 224 g/mol. The van der Waals surface area contributed by atoms with E-state index in [2.05, 4.69) is 4.74 Å². The molecule has 0 fully saturated rings. The van der Waals surface area contributed by atoms with Gasteiger partial charge in [-0.1, -0.05) is 0 Å². The van der Waals surface area contributed by atoms with Gasteiger partial charge in [0.15, 0.2) is 0 Å². The van der Waals surface area contributed by atoms with Gasteiger partial charge in [-0.25, -0.2) is 4.79 Å². The van der Waals surface area contributed by atoms with Gasteiger partial charge in [-0.2, -0.15) is 0 Å². The maximum atomic E-state index is 10.2. The average Bonchev–Trinajstić information content (AvgIpc) is 2.16. The molecule has 5 nitrogen and oxygen atoms in total. The Morgan fingerprint density at radius 1 is 1.06 bits per heavy atom. The first-order valence-electron chi connectivity index (χ1n) is 5.73. The highest BCUT2D eigenvalue weighted by molar-refractivity contribution is 5.56. The van der Waals surface area contributed by atoms with E-state index in [4.69, 9.17) is 14.6 Å². The van der Waals surface area contributed by atoms with Crippen LogP contribution in [0.4, 0.5) is 4.79 Å². The van der Waals surface area contributed by atoms with Gasteiger partial charge in [0.25, 0.3) is 0 Å². The molecule has 0 aromatic rings. The minimum atomic E-state index is -1.25. The molecule has 0 rings (SSSR count). The largest absolute Gasteiger partial charge is 0.505 e. The van der Waals surface area contributed by atoms with Gasteiger partial charge in [-0.3, -0.25) is 0 Å². The predicted octanol–water partition coefficient (Wildman–Crippen LogP) is 2.68. The van der Waals surface area contributed by atoms with Gasteiger partial charge in [0, 0.05) is 13.5 Å². The smallest absolute Gasteiger partial charge is 0.450 e. The van der Waals surface area contributed by atoms with Crippen molar-refractivity contribution in [3.63, 3.8) is 0 Å². The third-order valence-electron chi connectivity index (χ3n) is 2.68. The maximum absolute atomic E-state index is 10.2. The lowest BCUT2D eigenvalue weighted by molar-refractivity contribution is -0.0673. The summed E-state index contributed by atoms with van der Waals surface area (Å²) in [5.41, 5.74) is -0.590. The molecule has 0 atom stereocenters. The van der Waals surface area contributed by atoms with E-state index >= 15 is 0 Å². The summed E-state index contributed by atoms with van der Waals surface area (Å²) in [5, 5.41) is 8.35. The van der Waals surface area contributed by atoms with Crippen LogP contribution in [0, 0.1) is 0 Å². The summed E-state index contributed by atoms with van der Waals surface area (Å²) < 4.78 is 15.4. The monoisotopic (exact) mass is 248 g/mol. The molecule has 0 aromatic heterocycles. The van der Waals surface area contributed by atoms with Gasteiger partial charge in [0.2, 0.25) is 0 Å². The SMILES string of the molecule is COC(C)(C)CCOC(C)(C)CCOC(=O)O. The number of hydrogen-bond donors (Lipinski definition) is 1. The van der Waals surface area contributed by atoms with Crippen molar-refractivity contribution in [1.29, 1.82) is 0 Å². The topological polar surface area (TPSA) is 65.0 Å². The van der Waals surface area contributed by atoms with E-state index in [0.717, 1.165) is 6.42 Å². The second kappa shape index (κ2) is 6.81. The van der Waals surface area contributed by atoms with E-state index < -0.39 is 6.16 Å². The fourth-order valence-corrected chi connectivity index (χ4v) is 1.13. The van der Waals surface area contributed by atoms with Gasteiger partial charge in [0.1, 0.15) is 0 Å². The minimum Gasteiger partial charge on any atom is -0.450 e. The first kappa shape index (κ1) is 16.2. The highest BCUT2D eigenvalue weighted by Gasteiger charge is 2.22. The quantitative estimate of drug-likeness (QED) is 0.669. The number of methoxy groups -OCH3 is 1. The molecule has 0 aliphatic rings. The van der Waals surface area contributed by atoms with Crippen LogP contribution in [0.5, 0.6) is 0 Å². The van der Waals surface area contributed by atoms with Crippen LogP contribution in [0.15, 0.2) is 0 Å². The molecule has 0 aliphatic carbocycles. The Labute approximate surface area is 103 Å². The highest BCUT2D eigenvalue weighted by atomic mass is 16.7. The molecule has 0 heterocycles. The van der Waals surface area contributed by atoms with Crippen molar-refractivity contribution in [3.8, 4) is 0 Å². The minimum absolute atomic E-state index is 0.149. The van der Waals surface area contributed by atoms with Gasteiger partial charge in [-0.15, -0.1) is 0 Å². The summed E-state index contributed by atoms with van der Waals surface area (Å²) in [6.07, 6.45) is 0.0701. The average molecular weight is 248 g/mol. The molecular formula is C12H24O5. The molecule has 0 unspecified atom stereocenters. The maximum Gasteiger partial charge on any atom is 0.505 e. The van der Waals surface area contributed by atoms with E-state index in [1.54, 1.807) is 7.11 Å². The Kier molecular flexibility index (Phi) is 6.49. The van der Waals surface area contributed by atoms with Crippen molar-refractivity contribution >= 4 is 6.16 Å². The lowest BCUT2D eigenvalue weighted by atomic mass is 10.0. The molecule has 0 radical (unpaired) electrons. The second-order valence-corrected chi connectivity index (χ2v) is 5.19. The number of ether oxygens (including phenoxy) is 3. The standard InChI is InChI=1S/C12H24O5/c1-11(2,15-5)7-9-17-12(3,4)6-8-16-10(13)14/h6-9H2,1-5H3,(H,13,14). The number of rotatable bonds is 8. The molecule has 1 N–H and O–H groups in total. The van der Waals surface area contributed by atoms with Crippen LogP contribution >= 0.6 is 0 Å². The molecule has 0 aromatic carbocycles. The normalized spacial score (nSPS) is 12.5. The molecule has 0 spiro atoms. The van der Waals surface area contributed by atoms with Crippen LogP contribution in [-0.4, -0.2) is 42.8 Å². The van der Waals surface area contributed by atoms with Gasteiger partial charge in [0.05, 0.1) is 24.4 Å². The fourth-order valence-electron chi connectivity index (χ4n) is 1.13. The third-order valence-corrected chi connectivity index (χ3v) is 2.68. The molecule has 0 saturated heterocycles. The van der Waals surface area contributed by atoms with Gasteiger partial charge in [-0.05, 0) is 34.1 Å². The zero-order valence-corrected chi connectivity index (χ0v) is 11.4. The van der Waals surface area contributed by atoms with E-state index in [0.29, 0.717) is 13.0 Å². The summed E-state index contributed by atoms with van der Waals surface area (Å²) in [6, 6.07) is 0. The van der Waals surface area contributed by atoms with Crippen molar-refractivity contribution in [2.75, 3.05) is 20.3 Å². The van der Waals surface area contributed by atoms with Crippen molar-refractivity contribution in [3.05, 3.63) is 0 Å². The lowest BCUT2D eigenvalue weighted by Gasteiger charge is -2.28.